The van der Waals surface area contributed by atoms with Crippen LogP contribution in [0.2, 0.25) is 0 Å². The average molecular weight is 553 g/mol. The molecule has 4 atom stereocenters. The summed E-state index contributed by atoms with van der Waals surface area (Å²) in [5.74, 6) is -2.43. The number of aliphatic hydroxyl groups excluding tert-OH is 1. The minimum absolute atomic E-state index is 0.191. The molecular formula is C30H40N4O6. The lowest BCUT2D eigenvalue weighted by atomic mass is 9.99. The third-order valence-corrected chi connectivity index (χ3v) is 7.04. The van der Waals surface area contributed by atoms with Gasteiger partial charge in [-0.1, -0.05) is 56.3 Å². The molecule has 0 aliphatic carbocycles. The smallest absolute Gasteiger partial charge is 0.322 e. The maximum Gasteiger partial charge on any atom is 0.322 e. The van der Waals surface area contributed by atoms with Crippen LogP contribution in [0.5, 0.6) is 0 Å². The number of hydrogen-bond donors (Lipinski definition) is 5. The molecule has 2 aromatic carbocycles. The van der Waals surface area contributed by atoms with E-state index in [1.807, 2.05) is 62.4 Å². The Balaban J connectivity index is 1.52. The number of hydrogen-bond acceptors (Lipinski definition) is 6. The number of amides is 3. The number of benzene rings is 2. The Hall–Kier alpha value is -3.76. The second-order valence-electron chi connectivity index (χ2n) is 10.7. The van der Waals surface area contributed by atoms with E-state index in [2.05, 4.69) is 16.1 Å². The van der Waals surface area contributed by atoms with Gasteiger partial charge in [-0.3, -0.25) is 24.2 Å². The molecule has 0 spiro atoms. The van der Waals surface area contributed by atoms with Crippen LogP contribution in [0.3, 0.4) is 0 Å². The molecule has 4 unspecified atom stereocenters. The largest absolute Gasteiger partial charge is 0.480 e. The minimum atomic E-state index is -1.03. The number of carbonyl (C=O) groups excluding carboxylic acids is 3. The van der Waals surface area contributed by atoms with E-state index < -0.39 is 42.0 Å². The lowest BCUT2D eigenvalue weighted by molar-refractivity contribution is -0.148. The van der Waals surface area contributed by atoms with Gasteiger partial charge >= 0.3 is 5.97 Å². The van der Waals surface area contributed by atoms with Crippen molar-refractivity contribution in [3.8, 4) is 11.1 Å². The van der Waals surface area contributed by atoms with Crippen LogP contribution < -0.4 is 16.1 Å². The lowest BCUT2D eigenvalue weighted by Gasteiger charge is -2.34. The van der Waals surface area contributed by atoms with E-state index in [1.165, 1.54) is 11.9 Å². The molecule has 0 bridgehead atoms. The number of hydrazine groups is 1. The number of aliphatic carboxylic acids is 1. The second kappa shape index (κ2) is 14.0. The molecule has 0 aromatic heterocycles. The Labute approximate surface area is 235 Å². The molecule has 1 fully saturated rings. The SMILES string of the molecule is CC(NC(=O)C(NC(=O)CCc1ccc(-c2cccc(C(C)O)c2)cc1)C(C)C)C(=O)N1CCCC(C(=O)O)N1. The Morgan fingerprint density at radius 3 is 2.33 bits per heavy atom. The molecule has 216 valence electrons. The van der Waals surface area contributed by atoms with Gasteiger partial charge in [0.25, 0.3) is 5.91 Å². The summed E-state index contributed by atoms with van der Waals surface area (Å²) in [6.07, 6.45) is 1.10. The van der Waals surface area contributed by atoms with Gasteiger partial charge in [0.2, 0.25) is 11.8 Å². The van der Waals surface area contributed by atoms with Gasteiger partial charge < -0.3 is 20.8 Å². The average Bonchev–Trinajstić information content (AvgIpc) is 2.94. The molecule has 5 N–H and O–H groups in total. The van der Waals surface area contributed by atoms with Crippen molar-refractivity contribution in [3.05, 3.63) is 59.7 Å². The van der Waals surface area contributed by atoms with E-state index in [4.69, 9.17) is 0 Å². The van der Waals surface area contributed by atoms with Crippen molar-refractivity contribution in [2.24, 2.45) is 5.92 Å². The Bertz CT molecular complexity index is 1200. The van der Waals surface area contributed by atoms with E-state index in [9.17, 15) is 29.4 Å². The van der Waals surface area contributed by atoms with Gasteiger partial charge in [0.1, 0.15) is 18.1 Å². The van der Waals surface area contributed by atoms with Crippen LogP contribution in [0.15, 0.2) is 48.5 Å². The van der Waals surface area contributed by atoms with E-state index in [-0.39, 0.29) is 18.2 Å². The van der Waals surface area contributed by atoms with Crippen LogP contribution >= 0.6 is 0 Å². The molecule has 1 aliphatic rings. The van der Waals surface area contributed by atoms with Crippen LogP contribution in [0.4, 0.5) is 0 Å². The Morgan fingerprint density at radius 1 is 1.00 bits per heavy atom. The zero-order valence-corrected chi connectivity index (χ0v) is 23.5. The normalized spacial score (nSPS) is 17.6. The third kappa shape index (κ3) is 8.37. The zero-order chi connectivity index (χ0) is 29.4. The highest BCUT2D eigenvalue weighted by Crippen LogP contribution is 2.24. The number of carboxylic acids is 1. The fourth-order valence-electron chi connectivity index (χ4n) is 4.60. The number of nitrogens with one attached hydrogen (secondary N) is 3. The monoisotopic (exact) mass is 552 g/mol. The summed E-state index contributed by atoms with van der Waals surface area (Å²) < 4.78 is 0. The first kappa shape index (κ1) is 30.8. The quantitative estimate of drug-likeness (QED) is 0.288. The van der Waals surface area contributed by atoms with Crippen LogP contribution in [0.25, 0.3) is 11.1 Å². The summed E-state index contributed by atoms with van der Waals surface area (Å²) >= 11 is 0. The minimum Gasteiger partial charge on any atom is -0.480 e. The van der Waals surface area contributed by atoms with Crippen molar-refractivity contribution in [1.82, 2.24) is 21.1 Å². The van der Waals surface area contributed by atoms with Gasteiger partial charge in [0, 0.05) is 13.0 Å². The maximum absolute atomic E-state index is 13.0. The molecule has 0 radical (unpaired) electrons. The number of carboxylic acid groups (broad SMARTS) is 1. The molecule has 3 amide bonds. The lowest BCUT2D eigenvalue weighted by Crippen LogP contribution is -2.60. The molecule has 3 rings (SSSR count). The van der Waals surface area contributed by atoms with Gasteiger partial charge in [0.05, 0.1) is 6.10 Å². The van der Waals surface area contributed by atoms with Crippen molar-refractivity contribution in [2.75, 3.05) is 6.54 Å². The van der Waals surface area contributed by atoms with Gasteiger partial charge in [-0.2, -0.15) is 0 Å². The van der Waals surface area contributed by atoms with Crippen LogP contribution in [-0.2, 0) is 25.6 Å². The summed E-state index contributed by atoms with van der Waals surface area (Å²) in [7, 11) is 0. The zero-order valence-electron chi connectivity index (χ0n) is 23.5. The first-order chi connectivity index (χ1) is 19.0. The number of aliphatic hydroxyl groups is 1. The molecule has 10 nitrogen and oxygen atoms in total. The Morgan fingerprint density at radius 2 is 1.70 bits per heavy atom. The second-order valence-corrected chi connectivity index (χ2v) is 10.7. The van der Waals surface area contributed by atoms with Crippen molar-refractivity contribution in [3.63, 3.8) is 0 Å². The van der Waals surface area contributed by atoms with Gasteiger partial charge in [-0.15, -0.1) is 0 Å². The number of nitrogens with zero attached hydrogens (tertiary/aromatic N) is 1. The summed E-state index contributed by atoms with van der Waals surface area (Å²) in [4.78, 5) is 49.8. The van der Waals surface area contributed by atoms with Crippen molar-refractivity contribution < 1.29 is 29.4 Å². The highest BCUT2D eigenvalue weighted by molar-refractivity contribution is 5.92. The summed E-state index contributed by atoms with van der Waals surface area (Å²) in [6.45, 7) is 7.24. The molecule has 10 heteroatoms. The van der Waals surface area contributed by atoms with Crippen molar-refractivity contribution in [2.45, 2.75) is 77.6 Å². The summed E-state index contributed by atoms with van der Waals surface area (Å²) in [5, 5.41) is 25.8. The van der Waals surface area contributed by atoms with Crippen molar-refractivity contribution in [1.29, 1.82) is 0 Å². The van der Waals surface area contributed by atoms with Gasteiger partial charge in [-0.25, -0.2) is 5.43 Å². The maximum atomic E-state index is 13.0. The molecule has 1 aliphatic heterocycles. The standard InChI is InChI=1S/C30H40N4O6/c1-18(2)27(28(37)31-19(3)29(38)34-16-6-9-25(33-34)30(39)40)32-26(36)15-12-21-10-13-22(14-11-21)24-8-5-7-23(17-24)20(4)35/h5,7-8,10-11,13-14,17-20,25,27,33,35H,6,9,12,15-16H2,1-4H3,(H,31,37)(H,32,36)(H,39,40). The highest BCUT2D eigenvalue weighted by Gasteiger charge is 2.32. The van der Waals surface area contributed by atoms with Crippen molar-refractivity contribution >= 4 is 23.7 Å². The molecule has 40 heavy (non-hydrogen) atoms. The third-order valence-electron chi connectivity index (χ3n) is 7.04. The van der Waals surface area contributed by atoms with Gasteiger partial charge in [-0.05, 0) is 67.3 Å². The molecule has 0 saturated carbocycles. The molecule has 2 aromatic rings. The van der Waals surface area contributed by atoms with Crippen LogP contribution in [0.1, 0.15) is 64.2 Å². The van der Waals surface area contributed by atoms with Gasteiger partial charge in [0.15, 0.2) is 0 Å². The molecule has 1 heterocycles. The molecular weight excluding hydrogens is 512 g/mol. The molecule has 1 saturated heterocycles. The van der Waals surface area contributed by atoms with E-state index in [0.29, 0.717) is 25.8 Å². The summed E-state index contributed by atoms with van der Waals surface area (Å²) in [5.41, 5.74) is 6.52. The van der Waals surface area contributed by atoms with E-state index in [0.717, 1.165) is 22.3 Å². The van der Waals surface area contributed by atoms with Crippen LogP contribution in [-0.4, -0.2) is 63.6 Å². The fraction of sp³-hybridized carbons (Fsp3) is 0.467. The Kier molecular flexibility index (Phi) is 10.8. The summed E-state index contributed by atoms with van der Waals surface area (Å²) in [6, 6.07) is 13.0. The number of carbonyl (C=O) groups is 4. The first-order valence-electron chi connectivity index (χ1n) is 13.7. The predicted molar refractivity (Wildman–Crippen MR) is 151 cm³/mol. The predicted octanol–water partition coefficient (Wildman–Crippen LogP) is 2.57. The number of rotatable bonds is 11. The number of aryl methyl sites for hydroxylation is 1. The highest BCUT2D eigenvalue weighted by atomic mass is 16.4. The topological polar surface area (TPSA) is 148 Å². The first-order valence-corrected chi connectivity index (χ1v) is 13.7. The van der Waals surface area contributed by atoms with E-state index >= 15 is 0 Å². The fourth-order valence-corrected chi connectivity index (χ4v) is 4.60. The van der Waals surface area contributed by atoms with Crippen LogP contribution in [0, 0.1) is 5.92 Å². The van der Waals surface area contributed by atoms with E-state index in [1.54, 1.807) is 6.92 Å².